The van der Waals surface area contributed by atoms with Crippen LogP contribution >= 0.6 is 15.9 Å². The monoisotopic (exact) mass is 478 g/mol. The minimum atomic E-state index is -0.783. The number of carbonyl (C=O) groups is 3. The molecule has 0 saturated carbocycles. The fourth-order valence-electron chi connectivity index (χ4n) is 3.39. The minimum absolute atomic E-state index is 0.139. The number of rotatable bonds is 5. The molecule has 4 amide bonds. The summed E-state index contributed by atoms with van der Waals surface area (Å²) in [5.74, 6) is -0.857. The minimum Gasteiger partial charge on any atom is -0.493 e. The molecule has 6 nitrogen and oxygen atoms in total. The van der Waals surface area contributed by atoms with Gasteiger partial charge in [0.1, 0.15) is 11.3 Å². The van der Waals surface area contributed by atoms with Crippen LogP contribution in [0.1, 0.15) is 18.9 Å². The lowest BCUT2D eigenvalue weighted by atomic mass is 9.99. The van der Waals surface area contributed by atoms with Crippen LogP contribution in [-0.2, 0) is 9.59 Å². The van der Waals surface area contributed by atoms with E-state index in [1.54, 1.807) is 24.3 Å². The Morgan fingerprint density at radius 1 is 1.00 bits per heavy atom. The number of urea groups is 1. The van der Waals surface area contributed by atoms with E-state index in [0.29, 0.717) is 23.6 Å². The maximum Gasteiger partial charge on any atom is 0.335 e. The first kappa shape index (κ1) is 20.8. The Balaban J connectivity index is 1.84. The molecule has 31 heavy (non-hydrogen) atoms. The van der Waals surface area contributed by atoms with Gasteiger partial charge < -0.3 is 4.74 Å². The molecule has 1 heterocycles. The molecule has 156 valence electrons. The predicted molar refractivity (Wildman–Crippen MR) is 123 cm³/mol. The quantitative estimate of drug-likeness (QED) is 0.410. The SMILES string of the molecule is CCCOc1ccc2ccccc2c1/C=C1\C(=O)NC(=O)N(c2ccc(Br)cc2)C1=O. The van der Waals surface area contributed by atoms with E-state index in [9.17, 15) is 14.4 Å². The smallest absolute Gasteiger partial charge is 0.335 e. The number of nitrogens with zero attached hydrogens (tertiary/aromatic N) is 1. The van der Waals surface area contributed by atoms with Gasteiger partial charge >= 0.3 is 6.03 Å². The first-order chi connectivity index (χ1) is 15.0. The van der Waals surface area contributed by atoms with Gasteiger partial charge in [-0.2, -0.15) is 0 Å². The Labute approximate surface area is 187 Å². The Morgan fingerprint density at radius 2 is 1.74 bits per heavy atom. The zero-order chi connectivity index (χ0) is 22.0. The van der Waals surface area contributed by atoms with E-state index in [1.165, 1.54) is 6.08 Å². The fraction of sp³-hybridized carbons (Fsp3) is 0.125. The molecule has 0 radical (unpaired) electrons. The topological polar surface area (TPSA) is 75.7 Å². The molecule has 0 aliphatic carbocycles. The predicted octanol–water partition coefficient (Wildman–Crippen LogP) is 5.06. The van der Waals surface area contributed by atoms with E-state index in [1.807, 2.05) is 43.3 Å². The fourth-order valence-corrected chi connectivity index (χ4v) is 3.65. The van der Waals surface area contributed by atoms with Crippen molar-refractivity contribution in [3.8, 4) is 5.75 Å². The van der Waals surface area contributed by atoms with Crippen LogP contribution in [0.15, 0.2) is 70.7 Å². The molecule has 1 N–H and O–H groups in total. The van der Waals surface area contributed by atoms with Gasteiger partial charge in [0.2, 0.25) is 0 Å². The van der Waals surface area contributed by atoms with Gasteiger partial charge in [-0.05, 0) is 53.6 Å². The summed E-state index contributed by atoms with van der Waals surface area (Å²) in [6.45, 7) is 2.50. The van der Waals surface area contributed by atoms with E-state index in [2.05, 4.69) is 21.2 Å². The summed E-state index contributed by atoms with van der Waals surface area (Å²) in [5.41, 5.74) is 0.847. The summed E-state index contributed by atoms with van der Waals surface area (Å²) in [6.07, 6.45) is 2.32. The zero-order valence-corrected chi connectivity index (χ0v) is 18.3. The number of ether oxygens (including phenoxy) is 1. The van der Waals surface area contributed by atoms with Crippen LogP contribution in [0.5, 0.6) is 5.75 Å². The molecule has 0 atom stereocenters. The molecule has 1 fully saturated rings. The van der Waals surface area contributed by atoms with Crippen molar-refractivity contribution in [3.63, 3.8) is 0 Å². The van der Waals surface area contributed by atoms with Crippen molar-refractivity contribution in [2.24, 2.45) is 0 Å². The molecule has 3 aromatic rings. The van der Waals surface area contributed by atoms with Gasteiger partial charge in [-0.3, -0.25) is 14.9 Å². The molecule has 7 heteroatoms. The van der Waals surface area contributed by atoms with Crippen LogP contribution in [0, 0.1) is 0 Å². The third kappa shape index (κ3) is 4.09. The van der Waals surface area contributed by atoms with E-state index < -0.39 is 17.8 Å². The first-order valence-corrected chi connectivity index (χ1v) is 10.6. The number of nitrogens with one attached hydrogen (secondary N) is 1. The van der Waals surface area contributed by atoms with Crippen LogP contribution in [0.2, 0.25) is 0 Å². The van der Waals surface area contributed by atoms with E-state index >= 15 is 0 Å². The zero-order valence-electron chi connectivity index (χ0n) is 16.7. The average Bonchev–Trinajstić information content (AvgIpc) is 2.76. The van der Waals surface area contributed by atoms with Crippen molar-refractivity contribution >= 4 is 56.3 Å². The van der Waals surface area contributed by atoms with Gasteiger partial charge in [0.25, 0.3) is 11.8 Å². The molecule has 3 aromatic carbocycles. The largest absolute Gasteiger partial charge is 0.493 e. The molecule has 0 bridgehead atoms. The highest BCUT2D eigenvalue weighted by Gasteiger charge is 2.37. The van der Waals surface area contributed by atoms with E-state index in [0.717, 1.165) is 26.6 Å². The number of amides is 4. The third-order valence-electron chi connectivity index (χ3n) is 4.87. The maximum absolute atomic E-state index is 13.2. The number of hydrogen-bond donors (Lipinski definition) is 1. The summed E-state index contributed by atoms with van der Waals surface area (Å²) in [7, 11) is 0. The van der Waals surface area contributed by atoms with Gasteiger partial charge in [0, 0.05) is 10.0 Å². The molecule has 4 rings (SSSR count). The van der Waals surface area contributed by atoms with Gasteiger partial charge in [-0.1, -0.05) is 53.2 Å². The van der Waals surface area contributed by atoms with Crippen molar-refractivity contribution in [1.82, 2.24) is 5.32 Å². The lowest BCUT2D eigenvalue weighted by Gasteiger charge is -2.26. The molecular weight excluding hydrogens is 460 g/mol. The van der Waals surface area contributed by atoms with Crippen LogP contribution < -0.4 is 15.0 Å². The van der Waals surface area contributed by atoms with Crippen molar-refractivity contribution in [2.45, 2.75) is 13.3 Å². The second-order valence-corrected chi connectivity index (χ2v) is 7.90. The number of carbonyl (C=O) groups excluding carboxylic acids is 3. The van der Waals surface area contributed by atoms with Crippen molar-refractivity contribution in [1.29, 1.82) is 0 Å². The van der Waals surface area contributed by atoms with E-state index in [-0.39, 0.29) is 5.57 Å². The molecule has 0 aromatic heterocycles. The Hall–Kier alpha value is -3.45. The van der Waals surface area contributed by atoms with Gasteiger partial charge in [0.05, 0.1) is 12.3 Å². The summed E-state index contributed by atoms with van der Waals surface area (Å²) >= 11 is 3.33. The molecular formula is C24H19BrN2O4. The second kappa shape index (κ2) is 8.73. The Morgan fingerprint density at radius 3 is 2.48 bits per heavy atom. The summed E-state index contributed by atoms with van der Waals surface area (Å²) < 4.78 is 6.69. The van der Waals surface area contributed by atoms with Crippen molar-refractivity contribution in [2.75, 3.05) is 11.5 Å². The number of fused-ring (bicyclic) bond motifs is 1. The van der Waals surface area contributed by atoms with Crippen LogP contribution in [0.4, 0.5) is 10.5 Å². The molecule has 1 aliphatic rings. The lowest BCUT2D eigenvalue weighted by Crippen LogP contribution is -2.54. The van der Waals surface area contributed by atoms with Gasteiger partial charge in [0.15, 0.2) is 0 Å². The summed E-state index contributed by atoms with van der Waals surface area (Å²) in [5, 5.41) is 4.05. The number of anilines is 1. The molecule has 0 spiro atoms. The molecule has 1 aliphatic heterocycles. The van der Waals surface area contributed by atoms with Crippen LogP contribution in [-0.4, -0.2) is 24.5 Å². The normalized spacial score (nSPS) is 15.5. The number of benzene rings is 3. The number of barbiturate groups is 1. The van der Waals surface area contributed by atoms with Crippen molar-refractivity contribution in [3.05, 3.63) is 76.3 Å². The average molecular weight is 479 g/mol. The van der Waals surface area contributed by atoms with Crippen LogP contribution in [0.3, 0.4) is 0 Å². The molecule has 0 unspecified atom stereocenters. The maximum atomic E-state index is 13.2. The highest BCUT2D eigenvalue weighted by molar-refractivity contribution is 9.10. The Kier molecular flexibility index (Phi) is 5.86. The third-order valence-corrected chi connectivity index (χ3v) is 5.40. The number of hydrogen-bond acceptors (Lipinski definition) is 4. The summed E-state index contributed by atoms with van der Waals surface area (Å²) in [4.78, 5) is 39.2. The summed E-state index contributed by atoms with van der Waals surface area (Å²) in [6, 6.07) is 17.3. The van der Waals surface area contributed by atoms with Crippen molar-refractivity contribution < 1.29 is 19.1 Å². The standard InChI is InChI=1S/C24H19BrN2O4/c1-2-13-31-21-12-7-15-5-3-4-6-18(15)19(21)14-20-22(28)26-24(30)27(23(20)29)17-10-8-16(25)9-11-17/h3-12,14H,2,13H2,1H3,(H,26,28,30)/b20-14+. The Bertz CT molecular complexity index is 1220. The number of imide groups is 2. The highest BCUT2D eigenvalue weighted by atomic mass is 79.9. The molecule has 1 saturated heterocycles. The number of halogens is 1. The van der Waals surface area contributed by atoms with Gasteiger partial charge in [-0.25, -0.2) is 9.69 Å². The second-order valence-electron chi connectivity index (χ2n) is 6.98. The van der Waals surface area contributed by atoms with Gasteiger partial charge in [-0.15, -0.1) is 0 Å². The van der Waals surface area contributed by atoms with E-state index in [4.69, 9.17) is 4.74 Å². The van der Waals surface area contributed by atoms with Crippen LogP contribution in [0.25, 0.3) is 16.8 Å². The lowest BCUT2D eigenvalue weighted by molar-refractivity contribution is -0.122. The first-order valence-electron chi connectivity index (χ1n) is 9.81. The highest BCUT2D eigenvalue weighted by Crippen LogP contribution is 2.32.